The Labute approximate surface area is 169 Å². The Kier molecular flexibility index (Phi) is 5.30. The molecule has 2 saturated heterocycles. The summed E-state index contributed by atoms with van der Waals surface area (Å²) in [4.78, 5) is 39.7. The van der Waals surface area contributed by atoms with E-state index in [1.54, 1.807) is 0 Å². The van der Waals surface area contributed by atoms with E-state index in [1.807, 2.05) is 0 Å². The van der Waals surface area contributed by atoms with Crippen LogP contribution in [0.4, 0.5) is 8.78 Å². The molecule has 0 bridgehead atoms. The molecule has 1 aromatic carbocycles. The minimum atomic E-state index is -1.08. The van der Waals surface area contributed by atoms with E-state index in [0.717, 1.165) is 16.9 Å². The monoisotopic (exact) mass is 417 g/mol. The molecule has 1 aromatic heterocycles. The zero-order valence-electron chi connectivity index (χ0n) is 15.9. The van der Waals surface area contributed by atoms with Crippen molar-refractivity contribution in [3.05, 3.63) is 50.7 Å². The maximum atomic E-state index is 13.5. The molecule has 3 unspecified atom stereocenters. The third-order valence-electron chi connectivity index (χ3n) is 5.69. The first-order valence-electron chi connectivity index (χ1n) is 9.57. The van der Waals surface area contributed by atoms with Crippen LogP contribution < -0.4 is 10.9 Å². The predicted molar refractivity (Wildman–Crippen MR) is 100 cm³/mol. The third kappa shape index (κ3) is 3.80. The predicted octanol–water partition coefficient (Wildman–Crippen LogP) is 1.17. The van der Waals surface area contributed by atoms with Crippen molar-refractivity contribution >= 4 is 16.8 Å². The number of carbonyl (C=O) groups excluding carboxylic acids is 1. The van der Waals surface area contributed by atoms with Crippen LogP contribution in [0.3, 0.4) is 0 Å². The van der Waals surface area contributed by atoms with E-state index in [1.165, 1.54) is 6.07 Å². The van der Waals surface area contributed by atoms with Crippen molar-refractivity contribution < 1.29 is 23.1 Å². The quantitative estimate of drug-likeness (QED) is 0.728. The maximum Gasteiger partial charge on any atom is 0.252 e. The molecule has 8 nitrogen and oxygen atoms in total. The lowest BCUT2D eigenvalue weighted by Gasteiger charge is -2.36. The van der Waals surface area contributed by atoms with Crippen LogP contribution in [0.1, 0.15) is 12.0 Å². The summed E-state index contributed by atoms with van der Waals surface area (Å²) in [6.07, 6.45) is 0.233. The molecule has 0 radical (unpaired) electrons. The van der Waals surface area contributed by atoms with Crippen LogP contribution in [-0.4, -0.2) is 47.5 Å². The number of nitrogens with one attached hydrogen (secondary N) is 2. The minimum Gasteiger partial charge on any atom is -0.378 e. The number of halogens is 2. The van der Waals surface area contributed by atoms with Gasteiger partial charge in [-0.2, -0.15) is 5.26 Å². The topological polar surface area (TPSA) is 115 Å². The van der Waals surface area contributed by atoms with Crippen molar-refractivity contribution in [3.63, 3.8) is 0 Å². The van der Waals surface area contributed by atoms with Crippen molar-refractivity contribution in [2.24, 2.45) is 11.8 Å². The number of ether oxygens (including phenoxy) is 1. The fraction of sp³-hybridized carbons (Fsp3) is 0.450. The largest absolute Gasteiger partial charge is 0.378 e. The average Bonchev–Trinajstić information content (AvgIpc) is 2.70. The molecule has 3 heterocycles. The number of carbonyl (C=O) groups is 1. The molecule has 0 aliphatic carbocycles. The van der Waals surface area contributed by atoms with Gasteiger partial charge in [0.1, 0.15) is 12.0 Å². The fourth-order valence-corrected chi connectivity index (χ4v) is 4.32. The molecule has 0 spiro atoms. The molecule has 2 aromatic rings. The second-order valence-corrected chi connectivity index (χ2v) is 7.78. The lowest BCUT2D eigenvalue weighted by atomic mass is 9.81. The Hall–Kier alpha value is -3.19. The number of aromatic amines is 1. The summed E-state index contributed by atoms with van der Waals surface area (Å²) in [6, 6.07) is 4.22. The number of nitriles is 1. The molecule has 2 aliphatic heterocycles. The molecule has 2 N–H and O–H groups in total. The van der Waals surface area contributed by atoms with Gasteiger partial charge < -0.3 is 15.0 Å². The summed E-state index contributed by atoms with van der Waals surface area (Å²) < 4.78 is 33.2. The number of aromatic nitrogens is 1. The Morgan fingerprint density at radius 3 is 2.83 bits per heavy atom. The van der Waals surface area contributed by atoms with Crippen LogP contribution in [0.2, 0.25) is 0 Å². The number of nitroso groups, excluding NO2 is 1. The van der Waals surface area contributed by atoms with Gasteiger partial charge in [0, 0.05) is 26.7 Å². The van der Waals surface area contributed by atoms with Gasteiger partial charge in [-0.15, -0.1) is 0 Å². The number of hydrogen-bond acceptors (Lipinski definition) is 5. The molecule has 30 heavy (non-hydrogen) atoms. The summed E-state index contributed by atoms with van der Waals surface area (Å²) in [6.45, 7) is 0.582. The molecule has 0 saturated carbocycles. The highest BCUT2D eigenvalue weighted by atomic mass is 19.2. The lowest BCUT2D eigenvalue weighted by Crippen LogP contribution is -2.60. The van der Waals surface area contributed by atoms with E-state index >= 15 is 0 Å². The van der Waals surface area contributed by atoms with Gasteiger partial charge in [0.2, 0.25) is 18.5 Å². The highest BCUT2D eigenvalue weighted by Crippen LogP contribution is 2.30. The van der Waals surface area contributed by atoms with Gasteiger partial charge in [-0.25, -0.2) is 8.78 Å². The Morgan fingerprint density at radius 2 is 2.07 bits per heavy atom. The number of amides is 1. The van der Waals surface area contributed by atoms with E-state index in [0.29, 0.717) is 13.0 Å². The van der Waals surface area contributed by atoms with Crippen molar-refractivity contribution in [2.45, 2.75) is 24.9 Å². The summed E-state index contributed by atoms with van der Waals surface area (Å²) in [5.74, 6) is -3.17. The van der Waals surface area contributed by atoms with Crippen LogP contribution in [0.25, 0.3) is 10.9 Å². The Morgan fingerprint density at radius 1 is 1.30 bits per heavy atom. The van der Waals surface area contributed by atoms with E-state index in [9.17, 15) is 23.3 Å². The normalized spacial score (nSPS) is 26.1. The van der Waals surface area contributed by atoms with Crippen LogP contribution in [0.5, 0.6) is 0 Å². The molecule has 1 amide bonds. The number of fused-ring (bicyclic) bond motifs is 2. The molecule has 4 atom stereocenters. The molecule has 156 valence electrons. The number of pyridine rings is 1. The SMILES string of the molecule is N#CC1CC2COC[C@H](NC(=O)Cc3cc4cc(F)c(F)cc4[nH]c3=O)C2[N+](=O)C1. The number of piperidine rings is 1. The number of rotatable bonds is 3. The van der Waals surface area contributed by atoms with Crippen molar-refractivity contribution in [2.75, 3.05) is 19.8 Å². The standard InChI is InChI=1S/C20H18F2N4O4/c21-14-3-11-2-12(20(28)25-16(11)5-15(14)22)4-18(27)24-17-9-30-8-13-1-10(6-23)7-26(29)19(13)17/h2-3,5,10,13,17,19H,1,4,7-9H2,(H-,24,25,27,28)/p+1/t10?,13?,17-,19?/m0/s1. The van der Waals surface area contributed by atoms with E-state index in [4.69, 9.17) is 10.00 Å². The Balaban J connectivity index is 1.50. The van der Waals surface area contributed by atoms with E-state index in [2.05, 4.69) is 16.4 Å². The zero-order chi connectivity index (χ0) is 21.4. The third-order valence-corrected chi connectivity index (χ3v) is 5.69. The van der Waals surface area contributed by atoms with Crippen molar-refractivity contribution in [1.82, 2.24) is 10.3 Å². The Bertz CT molecular complexity index is 1130. The first-order valence-corrected chi connectivity index (χ1v) is 9.57. The second kappa shape index (κ2) is 7.91. The number of nitrogens with zero attached hydrogens (tertiary/aromatic N) is 2. The van der Waals surface area contributed by atoms with Gasteiger partial charge in [0.25, 0.3) is 5.56 Å². The van der Waals surface area contributed by atoms with Crippen molar-refractivity contribution in [1.29, 1.82) is 5.26 Å². The zero-order valence-corrected chi connectivity index (χ0v) is 15.9. The minimum absolute atomic E-state index is 0.0799. The maximum absolute atomic E-state index is 13.5. The summed E-state index contributed by atoms with van der Waals surface area (Å²) in [5, 5.41) is 12.1. The van der Waals surface area contributed by atoms with E-state index in [-0.39, 0.29) is 47.9 Å². The van der Waals surface area contributed by atoms with Crippen molar-refractivity contribution in [3.8, 4) is 6.07 Å². The van der Waals surface area contributed by atoms with Gasteiger partial charge in [0.15, 0.2) is 11.6 Å². The first-order chi connectivity index (χ1) is 14.4. The highest BCUT2D eigenvalue weighted by molar-refractivity contribution is 5.83. The molecule has 2 fully saturated rings. The first kappa shape index (κ1) is 20.1. The van der Waals surface area contributed by atoms with Gasteiger partial charge in [0.05, 0.1) is 37.1 Å². The van der Waals surface area contributed by atoms with Crippen LogP contribution in [-0.2, 0) is 16.0 Å². The molecular weight excluding hydrogens is 398 g/mol. The summed E-state index contributed by atoms with van der Waals surface area (Å²) >= 11 is 0. The fourth-order valence-electron chi connectivity index (χ4n) is 4.32. The molecular formula is C20H19F2N4O4+. The van der Waals surface area contributed by atoms with Gasteiger partial charge in [-0.3, -0.25) is 9.59 Å². The smallest absolute Gasteiger partial charge is 0.252 e. The number of hydrogen-bond donors (Lipinski definition) is 2. The molecule has 2 aliphatic rings. The van der Waals surface area contributed by atoms with Gasteiger partial charge >= 0.3 is 0 Å². The molecule has 10 heteroatoms. The average molecular weight is 417 g/mol. The van der Waals surface area contributed by atoms with E-state index < -0.39 is 35.2 Å². The summed E-state index contributed by atoms with van der Waals surface area (Å²) in [5.41, 5.74) is -0.365. The number of benzene rings is 1. The molecule has 4 rings (SSSR count). The summed E-state index contributed by atoms with van der Waals surface area (Å²) in [7, 11) is 0. The second-order valence-electron chi connectivity index (χ2n) is 7.78. The number of H-pyrrole nitrogens is 1. The van der Waals surface area contributed by atoms with Gasteiger partial charge in [-0.1, -0.05) is 0 Å². The van der Waals surface area contributed by atoms with Crippen LogP contribution >= 0.6 is 0 Å². The van der Waals surface area contributed by atoms with Gasteiger partial charge in [-0.05, 0) is 18.6 Å². The lowest BCUT2D eigenvalue weighted by molar-refractivity contribution is -0.617. The van der Waals surface area contributed by atoms with Crippen LogP contribution in [0.15, 0.2) is 23.0 Å². The van der Waals surface area contributed by atoms with Crippen LogP contribution in [0, 0.1) is 39.7 Å². The highest BCUT2D eigenvalue weighted by Gasteiger charge is 2.50.